The van der Waals surface area contributed by atoms with Crippen LogP contribution in [0.25, 0.3) is 11.2 Å². The zero-order valence-electron chi connectivity index (χ0n) is 21.8. The van der Waals surface area contributed by atoms with E-state index >= 15 is 0 Å². The molecule has 3 heterocycles. The maximum atomic E-state index is 12.8. The van der Waals surface area contributed by atoms with Crippen molar-refractivity contribution in [1.82, 2.24) is 30.2 Å². The molecule has 4 aromatic rings. The van der Waals surface area contributed by atoms with Gasteiger partial charge in [-0.15, -0.1) is 0 Å². The third kappa shape index (κ3) is 5.38. The molecule has 0 unspecified atom stereocenters. The number of nitrogen functional groups attached to an aromatic ring is 2. The van der Waals surface area contributed by atoms with Crippen LogP contribution in [0.2, 0.25) is 0 Å². The molecule has 15 heteroatoms. The van der Waals surface area contributed by atoms with E-state index in [1.807, 2.05) is 0 Å². The Morgan fingerprint density at radius 1 is 1.00 bits per heavy atom. The molecule has 6 N–H and O–H groups in total. The third-order valence-electron chi connectivity index (χ3n) is 6.54. The van der Waals surface area contributed by atoms with Crippen LogP contribution >= 0.6 is 0 Å². The number of carboxylic acid groups (broad SMARTS) is 1. The van der Waals surface area contributed by atoms with Gasteiger partial charge in [0.05, 0.1) is 29.6 Å². The number of hydrogen-bond donors (Lipinski definition) is 4. The van der Waals surface area contributed by atoms with Crippen LogP contribution in [0.1, 0.15) is 43.2 Å². The number of carboxylic acids is 1. The van der Waals surface area contributed by atoms with E-state index in [4.69, 9.17) is 11.5 Å². The summed E-state index contributed by atoms with van der Waals surface area (Å²) < 4.78 is 0. The number of rotatable bonds is 10. The predicted octanol–water partition coefficient (Wildman–Crippen LogP) is 0.617. The highest BCUT2D eigenvalue weighted by atomic mass is 16.4. The summed E-state index contributed by atoms with van der Waals surface area (Å²) in [5, 5.41) is 12.1. The Kier molecular flexibility index (Phi) is 7.38. The number of aromatic nitrogens is 4. The van der Waals surface area contributed by atoms with Gasteiger partial charge in [0.2, 0.25) is 12.4 Å². The maximum absolute atomic E-state index is 12.8. The zero-order chi connectivity index (χ0) is 30.0. The largest absolute Gasteiger partial charge is 0.480 e. The van der Waals surface area contributed by atoms with Crippen molar-refractivity contribution < 1.29 is 29.1 Å². The van der Waals surface area contributed by atoms with Crippen molar-refractivity contribution in [3.05, 3.63) is 77.1 Å². The van der Waals surface area contributed by atoms with Crippen LogP contribution in [0.15, 0.2) is 54.7 Å². The number of amides is 4. The number of hydrogen-bond acceptors (Lipinski definition) is 11. The molecule has 212 valence electrons. The fourth-order valence-corrected chi connectivity index (χ4v) is 4.43. The first kappa shape index (κ1) is 27.6. The standard InChI is InChI=1S/C27H23N9O6/c28-21-20-22(34-27(29)33-21)30-11-15(31-20)12-35(13-37)16-7-5-14(6-8-16)23(38)32-19(26(41)42)9-10-36-24(39)17-3-1-2-4-18(17)25(36)40/h1-8,11,13,19H,9-10,12H2,(H,32,38)(H,41,42)(H4,28,29,30,33,34)/t19-/m0/s1. The number of carbonyl (C=O) groups excluding carboxylic acids is 4. The van der Waals surface area contributed by atoms with Crippen molar-refractivity contribution in [3.8, 4) is 0 Å². The highest BCUT2D eigenvalue weighted by molar-refractivity contribution is 6.21. The molecule has 1 aliphatic heterocycles. The van der Waals surface area contributed by atoms with E-state index in [9.17, 15) is 29.1 Å². The van der Waals surface area contributed by atoms with E-state index in [1.165, 1.54) is 47.5 Å². The quantitative estimate of drug-likeness (QED) is 0.152. The number of benzene rings is 2. The van der Waals surface area contributed by atoms with Crippen LogP contribution in [0.4, 0.5) is 17.5 Å². The lowest BCUT2D eigenvalue weighted by Crippen LogP contribution is -2.44. The summed E-state index contributed by atoms with van der Waals surface area (Å²) in [6.45, 7) is -0.180. The van der Waals surface area contributed by atoms with Gasteiger partial charge in [-0.1, -0.05) is 12.1 Å². The molecule has 2 aromatic heterocycles. The normalized spacial score (nSPS) is 13.1. The Labute approximate surface area is 237 Å². The number of anilines is 3. The van der Waals surface area contributed by atoms with Crippen LogP contribution in [0.5, 0.6) is 0 Å². The second kappa shape index (κ2) is 11.2. The summed E-state index contributed by atoms with van der Waals surface area (Å²) in [7, 11) is 0. The van der Waals surface area contributed by atoms with Gasteiger partial charge >= 0.3 is 5.97 Å². The first-order chi connectivity index (χ1) is 20.2. The zero-order valence-corrected chi connectivity index (χ0v) is 21.8. The number of nitrogens with two attached hydrogens (primary N) is 2. The Morgan fingerprint density at radius 2 is 1.67 bits per heavy atom. The minimum Gasteiger partial charge on any atom is -0.480 e. The molecule has 0 saturated heterocycles. The van der Waals surface area contributed by atoms with Gasteiger partial charge in [-0.3, -0.25) is 24.1 Å². The molecule has 0 spiro atoms. The predicted molar refractivity (Wildman–Crippen MR) is 148 cm³/mol. The van der Waals surface area contributed by atoms with E-state index in [-0.39, 0.29) is 59.1 Å². The van der Waals surface area contributed by atoms with E-state index in [0.29, 0.717) is 17.8 Å². The third-order valence-corrected chi connectivity index (χ3v) is 6.54. The van der Waals surface area contributed by atoms with Gasteiger partial charge in [0.25, 0.3) is 17.7 Å². The van der Waals surface area contributed by atoms with Gasteiger partial charge in [0.1, 0.15) is 6.04 Å². The fourth-order valence-electron chi connectivity index (χ4n) is 4.43. The van der Waals surface area contributed by atoms with E-state index < -0.39 is 29.7 Å². The van der Waals surface area contributed by atoms with Gasteiger partial charge in [0.15, 0.2) is 17.0 Å². The first-order valence-electron chi connectivity index (χ1n) is 12.5. The SMILES string of the molecule is Nc1nc(N)c2nc(CN(C=O)c3ccc(C(=O)N[C@@H](CCN4C(=O)c5ccccc5C4=O)C(=O)O)cc3)cnc2n1. The molecule has 1 atom stereocenters. The molecular weight excluding hydrogens is 546 g/mol. The monoisotopic (exact) mass is 569 g/mol. The van der Waals surface area contributed by atoms with E-state index in [1.54, 1.807) is 12.1 Å². The second-order valence-corrected chi connectivity index (χ2v) is 9.24. The number of carbonyl (C=O) groups is 5. The second-order valence-electron chi connectivity index (χ2n) is 9.24. The van der Waals surface area contributed by atoms with Gasteiger partial charge in [0, 0.05) is 17.8 Å². The summed E-state index contributed by atoms with van der Waals surface area (Å²) in [6.07, 6.45) is 1.79. The van der Waals surface area contributed by atoms with E-state index in [2.05, 4.69) is 25.3 Å². The molecular formula is C27H23N9O6. The molecule has 0 radical (unpaired) electrons. The van der Waals surface area contributed by atoms with Crippen LogP contribution in [0, 0.1) is 0 Å². The molecule has 5 rings (SSSR count). The van der Waals surface area contributed by atoms with Crippen LogP contribution in [-0.4, -0.2) is 72.6 Å². The van der Waals surface area contributed by atoms with Crippen molar-refractivity contribution in [2.24, 2.45) is 0 Å². The Morgan fingerprint density at radius 3 is 2.29 bits per heavy atom. The molecule has 0 aliphatic carbocycles. The highest BCUT2D eigenvalue weighted by Crippen LogP contribution is 2.23. The van der Waals surface area contributed by atoms with E-state index in [0.717, 1.165) is 4.90 Å². The average molecular weight is 570 g/mol. The van der Waals surface area contributed by atoms with Gasteiger partial charge in [-0.2, -0.15) is 9.97 Å². The van der Waals surface area contributed by atoms with Crippen molar-refractivity contribution >= 4 is 58.7 Å². The molecule has 42 heavy (non-hydrogen) atoms. The average Bonchev–Trinajstić information content (AvgIpc) is 3.22. The Balaban J connectivity index is 1.23. The number of imide groups is 1. The number of nitrogens with zero attached hydrogens (tertiary/aromatic N) is 6. The molecule has 4 amide bonds. The fraction of sp³-hybridized carbons (Fsp3) is 0.148. The lowest BCUT2D eigenvalue weighted by atomic mass is 10.1. The molecule has 0 fully saturated rings. The molecule has 2 aromatic carbocycles. The van der Waals surface area contributed by atoms with Crippen molar-refractivity contribution in [1.29, 1.82) is 0 Å². The Bertz CT molecular complexity index is 1710. The van der Waals surface area contributed by atoms with Gasteiger partial charge in [-0.05, 0) is 42.8 Å². The number of fused-ring (bicyclic) bond motifs is 2. The first-order valence-corrected chi connectivity index (χ1v) is 12.5. The summed E-state index contributed by atoms with van der Waals surface area (Å²) in [6, 6.07) is 10.8. The van der Waals surface area contributed by atoms with Crippen LogP contribution in [0.3, 0.4) is 0 Å². The van der Waals surface area contributed by atoms with Crippen molar-refractivity contribution in [3.63, 3.8) is 0 Å². The lowest BCUT2D eigenvalue weighted by Gasteiger charge is -2.19. The molecule has 0 saturated carbocycles. The maximum Gasteiger partial charge on any atom is 0.326 e. The van der Waals surface area contributed by atoms with Gasteiger partial charge < -0.3 is 26.8 Å². The highest BCUT2D eigenvalue weighted by Gasteiger charge is 2.36. The lowest BCUT2D eigenvalue weighted by molar-refractivity contribution is -0.139. The van der Waals surface area contributed by atoms with Crippen LogP contribution in [-0.2, 0) is 16.1 Å². The number of aliphatic carboxylic acids is 1. The number of nitrogens with one attached hydrogen (secondary N) is 1. The Hall–Kier alpha value is -5.99. The van der Waals surface area contributed by atoms with Crippen molar-refractivity contribution in [2.75, 3.05) is 22.9 Å². The summed E-state index contributed by atoms with van der Waals surface area (Å²) in [5.74, 6) is -3.05. The smallest absolute Gasteiger partial charge is 0.326 e. The minimum absolute atomic E-state index is 0.0146. The molecule has 15 nitrogen and oxygen atoms in total. The minimum atomic E-state index is -1.37. The molecule has 1 aliphatic rings. The topological polar surface area (TPSA) is 228 Å². The molecule has 0 bridgehead atoms. The van der Waals surface area contributed by atoms with Gasteiger partial charge in [-0.25, -0.2) is 14.8 Å². The summed E-state index contributed by atoms with van der Waals surface area (Å²) >= 11 is 0. The van der Waals surface area contributed by atoms with Crippen LogP contribution < -0.4 is 21.7 Å². The van der Waals surface area contributed by atoms with Crippen molar-refractivity contribution in [2.45, 2.75) is 19.0 Å². The summed E-state index contributed by atoms with van der Waals surface area (Å²) in [4.78, 5) is 80.3. The summed E-state index contributed by atoms with van der Waals surface area (Å²) in [5.41, 5.74) is 13.3.